The van der Waals surface area contributed by atoms with Gasteiger partial charge in [0.05, 0.1) is 0 Å². The maximum Gasteiger partial charge on any atom is 0.285 e. The van der Waals surface area contributed by atoms with E-state index in [0.717, 1.165) is 6.54 Å². The smallest absolute Gasteiger partial charge is 0.285 e. The first kappa shape index (κ1) is 16.2. The first-order chi connectivity index (χ1) is 12.3. The van der Waals surface area contributed by atoms with Gasteiger partial charge in [0.25, 0.3) is 6.02 Å². The van der Waals surface area contributed by atoms with E-state index in [9.17, 15) is 0 Å². The highest BCUT2D eigenvalue weighted by Crippen LogP contribution is 2.32. The van der Waals surface area contributed by atoms with Gasteiger partial charge >= 0.3 is 0 Å². The van der Waals surface area contributed by atoms with Gasteiger partial charge in [-0.2, -0.15) is 0 Å². The Labute approximate surface area is 149 Å². The molecule has 1 fully saturated rings. The molecule has 0 atom stereocenters. The highest BCUT2D eigenvalue weighted by atomic mass is 16.5. The summed E-state index contributed by atoms with van der Waals surface area (Å²) in [5, 5.41) is 8.42. The van der Waals surface area contributed by atoms with E-state index in [4.69, 9.17) is 10.1 Å². The van der Waals surface area contributed by atoms with E-state index in [2.05, 4.69) is 53.4 Å². The van der Waals surface area contributed by atoms with E-state index in [0.29, 0.717) is 19.7 Å². The van der Waals surface area contributed by atoms with Gasteiger partial charge in [-0.15, -0.1) is 0 Å². The van der Waals surface area contributed by atoms with Gasteiger partial charge in [0.15, 0.2) is 0 Å². The molecule has 2 aliphatic rings. The van der Waals surface area contributed by atoms with E-state index in [1.165, 1.54) is 48.2 Å². The zero-order valence-corrected chi connectivity index (χ0v) is 14.6. The van der Waals surface area contributed by atoms with Crippen molar-refractivity contribution in [3.63, 3.8) is 0 Å². The Morgan fingerprint density at radius 3 is 2.04 bits per heavy atom. The average Bonchev–Trinajstić information content (AvgIpc) is 3.09. The number of benzene rings is 2. The fourth-order valence-corrected chi connectivity index (χ4v) is 3.82. The minimum atomic E-state index is 0.283. The number of nitrogens with zero attached hydrogens (tertiary/aromatic N) is 2. The molecule has 25 heavy (non-hydrogen) atoms. The summed E-state index contributed by atoms with van der Waals surface area (Å²) in [4.78, 5) is 4.45. The third-order valence-electron chi connectivity index (χ3n) is 5.18. The predicted molar refractivity (Wildman–Crippen MR) is 100 cm³/mol. The molecule has 2 aromatic rings. The number of hydrogen-bond acceptors (Lipinski definition) is 3. The Bertz CT molecular complexity index is 705. The lowest BCUT2D eigenvalue weighted by atomic mass is 9.97. The van der Waals surface area contributed by atoms with Crippen LogP contribution in [-0.4, -0.2) is 42.1 Å². The van der Waals surface area contributed by atoms with Gasteiger partial charge in [0, 0.05) is 19.6 Å². The summed E-state index contributed by atoms with van der Waals surface area (Å²) in [6.45, 7) is 5.28. The van der Waals surface area contributed by atoms with Gasteiger partial charge in [0.1, 0.15) is 6.61 Å². The van der Waals surface area contributed by atoms with E-state index in [1.807, 2.05) is 4.90 Å². The zero-order chi connectivity index (χ0) is 17.1. The summed E-state index contributed by atoms with van der Waals surface area (Å²) in [6, 6.07) is 17.3. The molecule has 1 N–H and O–H groups in total. The number of hydrogen-bond donors (Lipinski definition) is 1. The molecule has 0 radical (unpaired) electrons. The summed E-state index contributed by atoms with van der Waals surface area (Å²) in [5.74, 6) is 0. The van der Waals surface area contributed by atoms with E-state index in [-0.39, 0.29) is 6.02 Å². The van der Waals surface area contributed by atoms with Crippen molar-refractivity contribution >= 4 is 6.02 Å². The fourth-order valence-electron chi connectivity index (χ4n) is 3.82. The summed E-state index contributed by atoms with van der Waals surface area (Å²) in [5.41, 5.74) is 5.04. The lowest BCUT2D eigenvalue weighted by Crippen LogP contribution is -2.33. The normalized spacial score (nSPS) is 16.9. The second-order valence-corrected chi connectivity index (χ2v) is 6.87. The molecule has 1 saturated heterocycles. The maximum absolute atomic E-state index is 8.42. The van der Waals surface area contributed by atoms with Crippen molar-refractivity contribution in [1.82, 2.24) is 9.80 Å². The first-order valence-electron chi connectivity index (χ1n) is 9.16. The van der Waals surface area contributed by atoms with Gasteiger partial charge in [-0.1, -0.05) is 48.5 Å². The van der Waals surface area contributed by atoms with Crippen LogP contribution in [0.15, 0.2) is 48.5 Å². The molecular weight excluding hydrogens is 310 g/mol. The highest BCUT2D eigenvalue weighted by Gasteiger charge is 2.21. The second kappa shape index (κ2) is 7.28. The molecule has 2 aliphatic heterocycles. The Hall–Kier alpha value is -2.33. The minimum Gasteiger partial charge on any atom is -0.464 e. The molecule has 0 unspecified atom stereocenters. The number of likely N-dealkylation sites (tertiary alicyclic amines) is 1. The van der Waals surface area contributed by atoms with Gasteiger partial charge in [-0.25, -0.2) is 0 Å². The molecule has 0 amide bonds. The number of amidine groups is 1. The van der Waals surface area contributed by atoms with Crippen LogP contribution in [0.1, 0.15) is 24.0 Å². The minimum absolute atomic E-state index is 0.283. The van der Waals surface area contributed by atoms with Gasteiger partial charge in [-0.3, -0.25) is 10.3 Å². The standard InChI is InChI=1S/C21H25N3O/c22-21(25-14-13-23-11-5-6-12-23)24-15-17-7-1-3-9-19(17)20-10-4-2-8-18(20)16-24/h1-4,7-10,22H,5-6,11-16H2. The molecule has 0 bridgehead atoms. The molecule has 0 spiro atoms. The lowest BCUT2D eigenvalue weighted by molar-refractivity contribution is 0.185. The monoisotopic (exact) mass is 335 g/mol. The molecule has 0 aliphatic carbocycles. The molecule has 4 nitrogen and oxygen atoms in total. The summed E-state index contributed by atoms with van der Waals surface area (Å²) in [6.07, 6.45) is 2.58. The van der Waals surface area contributed by atoms with Gasteiger partial charge < -0.3 is 9.64 Å². The summed E-state index contributed by atoms with van der Waals surface area (Å²) in [7, 11) is 0. The second-order valence-electron chi connectivity index (χ2n) is 6.87. The maximum atomic E-state index is 8.42. The molecule has 4 heteroatoms. The van der Waals surface area contributed by atoms with E-state index < -0.39 is 0 Å². The summed E-state index contributed by atoms with van der Waals surface area (Å²) >= 11 is 0. The fraction of sp³-hybridized carbons (Fsp3) is 0.381. The number of rotatable bonds is 3. The van der Waals surface area contributed by atoms with Crippen LogP contribution < -0.4 is 0 Å². The SMILES string of the molecule is N=C(OCCN1CCCC1)N1Cc2ccccc2-c2ccccc2C1. The van der Waals surface area contributed by atoms with Crippen LogP contribution in [0.4, 0.5) is 0 Å². The Balaban J connectivity index is 1.48. The van der Waals surface area contributed by atoms with Crippen molar-refractivity contribution < 1.29 is 4.74 Å². The van der Waals surface area contributed by atoms with Crippen molar-refractivity contribution in [2.45, 2.75) is 25.9 Å². The first-order valence-corrected chi connectivity index (χ1v) is 9.16. The Morgan fingerprint density at radius 2 is 1.44 bits per heavy atom. The van der Waals surface area contributed by atoms with E-state index in [1.54, 1.807) is 0 Å². The van der Waals surface area contributed by atoms with Crippen LogP contribution in [0.5, 0.6) is 0 Å². The molecule has 2 aromatic carbocycles. The predicted octanol–water partition coefficient (Wildman–Crippen LogP) is 3.72. The van der Waals surface area contributed by atoms with Crippen molar-refractivity contribution in [3.8, 4) is 11.1 Å². The van der Waals surface area contributed by atoms with Crippen molar-refractivity contribution in [2.75, 3.05) is 26.2 Å². The van der Waals surface area contributed by atoms with Crippen molar-refractivity contribution in [2.24, 2.45) is 0 Å². The van der Waals surface area contributed by atoms with Gasteiger partial charge in [-0.05, 0) is 48.2 Å². The quantitative estimate of drug-likeness (QED) is 0.686. The van der Waals surface area contributed by atoms with Crippen LogP contribution in [0.2, 0.25) is 0 Å². The van der Waals surface area contributed by atoms with Gasteiger partial charge in [0.2, 0.25) is 0 Å². The lowest BCUT2D eigenvalue weighted by Gasteiger charge is -2.24. The van der Waals surface area contributed by atoms with Crippen LogP contribution >= 0.6 is 0 Å². The Morgan fingerprint density at radius 1 is 0.880 bits per heavy atom. The average molecular weight is 335 g/mol. The number of ether oxygens (including phenoxy) is 1. The molecule has 2 heterocycles. The molecule has 130 valence electrons. The van der Waals surface area contributed by atoms with E-state index >= 15 is 0 Å². The summed E-state index contributed by atoms with van der Waals surface area (Å²) < 4.78 is 5.80. The molecule has 4 rings (SSSR count). The molecule has 0 aromatic heterocycles. The van der Waals surface area contributed by atoms with Crippen molar-refractivity contribution in [1.29, 1.82) is 5.41 Å². The highest BCUT2D eigenvalue weighted by molar-refractivity contribution is 5.76. The topological polar surface area (TPSA) is 39.6 Å². The number of fused-ring (bicyclic) bond motifs is 3. The third kappa shape index (κ3) is 3.54. The molecule has 0 saturated carbocycles. The van der Waals surface area contributed by atoms with Crippen LogP contribution in [0, 0.1) is 5.41 Å². The number of nitrogens with one attached hydrogen (secondary N) is 1. The zero-order valence-electron chi connectivity index (χ0n) is 14.6. The molecular formula is C21H25N3O. The largest absolute Gasteiger partial charge is 0.464 e. The van der Waals surface area contributed by atoms with Crippen LogP contribution in [-0.2, 0) is 17.8 Å². The van der Waals surface area contributed by atoms with Crippen molar-refractivity contribution in [3.05, 3.63) is 59.7 Å². The van der Waals surface area contributed by atoms with Crippen LogP contribution in [0.3, 0.4) is 0 Å². The Kier molecular flexibility index (Phi) is 4.70. The van der Waals surface area contributed by atoms with Crippen LogP contribution in [0.25, 0.3) is 11.1 Å². The third-order valence-corrected chi connectivity index (χ3v) is 5.18.